The van der Waals surface area contributed by atoms with Gasteiger partial charge in [-0.2, -0.15) is 8.78 Å². The number of nitrogens with one attached hydrogen (secondary N) is 2. The summed E-state index contributed by atoms with van der Waals surface area (Å²) in [6.45, 7) is 1.77. The molecule has 2 N–H and O–H groups in total. The fourth-order valence-corrected chi connectivity index (χ4v) is 3.75. The van der Waals surface area contributed by atoms with Gasteiger partial charge in [-0.15, -0.1) is 0 Å². The Kier molecular flexibility index (Phi) is 9.44. The Balaban J connectivity index is 2.04. The molecule has 0 bridgehead atoms. The molecule has 1 aliphatic rings. The summed E-state index contributed by atoms with van der Waals surface area (Å²) in [4.78, 5) is 4.61. The maximum atomic E-state index is 12.6. The van der Waals surface area contributed by atoms with E-state index in [1.54, 1.807) is 19.2 Å². The number of methoxy groups -OCH3 is 2. The summed E-state index contributed by atoms with van der Waals surface area (Å²) in [6, 6.07) is 4.94. The van der Waals surface area contributed by atoms with Crippen molar-refractivity contribution in [2.45, 2.75) is 52.2 Å². The van der Waals surface area contributed by atoms with Crippen LogP contribution >= 0.6 is 0 Å². The topological polar surface area (TPSA) is 64.1 Å². The zero-order chi connectivity index (χ0) is 21.1. The molecule has 6 nitrogen and oxygen atoms in total. The highest BCUT2D eigenvalue weighted by atomic mass is 19.3. The molecular formula is C21H33F2N3O3. The number of nitrogens with zero attached hydrogens (tertiary/aromatic N) is 1. The van der Waals surface area contributed by atoms with Crippen LogP contribution in [-0.4, -0.2) is 46.5 Å². The summed E-state index contributed by atoms with van der Waals surface area (Å²) >= 11 is 0. The molecule has 1 saturated carbocycles. The lowest BCUT2D eigenvalue weighted by Crippen LogP contribution is -2.43. The summed E-state index contributed by atoms with van der Waals surface area (Å²) in [5, 5.41) is 6.71. The molecule has 1 fully saturated rings. The molecule has 1 aromatic carbocycles. The van der Waals surface area contributed by atoms with E-state index in [2.05, 4.69) is 20.4 Å². The molecule has 0 aromatic heterocycles. The predicted octanol–water partition coefficient (Wildman–Crippen LogP) is 3.95. The van der Waals surface area contributed by atoms with Crippen LogP contribution in [0.25, 0.3) is 0 Å². The first-order chi connectivity index (χ1) is 14.0. The third-order valence-electron chi connectivity index (χ3n) is 5.34. The number of rotatable bonds is 11. The number of halogens is 2. The number of hydrogen-bond donors (Lipinski definition) is 2. The third kappa shape index (κ3) is 7.34. The van der Waals surface area contributed by atoms with Crippen molar-refractivity contribution < 1.29 is 23.0 Å². The molecule has 1 aliphatic carbocycles. The molecule has 0 atom stereocenters. The monoisotopic (exact) mass is 413 g/mol. The Morgan fingerprint density at radius 3 is 2.55 bits per heavy atom. The number of ether oxygens (including phenoxy) is 3. The van der Waals surface area contributed by atoms with Gasteiger partial charge in [-0.25, -0.2) is 4.99 Å². The van der Waals surface area contributed by atoms with Gasteiger partial charge in [0, 0.05) is 26.8 Å². The summed E-state index contributed by atoms with van der Waals surface area (Å²) < 4.78 is 40.2. The summed E-state index contributed by atoms with van der Waals surface area (Å²) in [7, 11) is 3.16. The number of alkyl halides is 2. The van der Waals surface area contributed by atoms with Gasteiger partial charge in [-0.3, -0.25) is 0 Å². The molecule has 2 rings (SSSR count). The van der Waals surface area contributed by atoms with Crippen LogP contribution in [0.15, 0.2) is 23.2 Å². The number of hydrogen-bond acceptors (Lipinski definition) is 4. The molecule has 0 spiro atoms. The van der Waals surface area contributed by atoms with Crippen molar-refractivity contribution >= 4 is 5.96 Å². The summed E-state index contributed by atoms with van der Waals surface area (Å²) in [6.07, 6.45) is 5.91. The van der Waals surface area contributed by atoms with Gasteiger partial charge < -0.3 is 24.8 Å². The van der Waals surface area contributed by atoms with E-state index >= 15 is 0 Å². The predicted molar refractivity (Wildman–Crippen MR) is 110 cm³/mol. The van der Waals surface area contributed by atoms with Gasteiger partial charge in [0.1, 0.15) is 0 Å². The van der Waals surface area contributed by atoms with E-state index in [0.29, 0.717) is 12.5 Å². The van der Waals surface area contributed by atoms with Crippen molar-refractivity contribution in [2.24, 2.45) is 10.4 Å². The van der Waals surface area contributed by atoms with Crippen molar-refractivity contribution in [3.63, 3.8) is 0 Å². The maximum absolute atomic E-state index is 12.6. The minimum atomic E-state index is -2.91. The van der Waals surface area contributed by atoms with Crippen LogP contribution in [0.1, 0.15) is 44.6 Å². The van der Waals surface area contributed by atoms with Gasteiger partial charge in [-0.1, -0.05) is 18.9 Å². The minimum absolute atomic E-state index is 0.0117. The Morgan fingerprint density at radius 1 is 1.17 bits per heavy atom. The Morgan fingerprint density at radius 2 is 1.93 bits per heavy atom. The first-order valence-electron chi connectivity index (χ1n) is 10.1. The fourth-order valence-electron chi connectivity index (χ4n) is 3.75. The van der Waals surface area contributed by atoms with E-state index < -0.39 is 6.61 Å². The highest BCUT2D eigenvalue weighted by molar-refractivity contribution is 5.79. The van der Waals surface area contributed by atoms with Crippen LogP contribution in [0, 0.1) is 5.41 Å². The Labute approximate surface area is 172 Å². The lowest BCUT2D eigenvalue weighted by molar-refractivity contribution is -0.0512. The molecule has 0 radical (unpaired) electrons. The Bertz CT molecular complexity index is 650. The molecule has 0 aliphatic heterocycles. The molecule has 0 unspecified atom stereocenters. The van der Waals surface area contributed by atoms with Crippen LogP contribution in [0.5, 0.6) is 11.5 Å². The van der Waals surface area contributed by atoms with Crippen molar-refractivity contribution in [1.82, 2.24) is 10.6 Å². The smallest absolute Gasteiger partial charge is 0.387 e. The van der Waals surface area contributed by atoms with Gasteiger partial charge in [0.2, 0.25) is 0 Å². The minimum Gasteiger partial charge on any atom is -0.493 e. The average Bonchev–Trinajstić information content (AvgIpc) is 3.17. The van der Waals surface area contributed by atoms with Crippen LogP contribution in [-0.2, 0) is 11.3 Å². The second-order valence-electron chi connectivity index (χ2n) is 7.36. The lowest BCUT2D eigenvalue weighted by atomic mass is 9.83. The average molecular weight is 414 g/mol. The first kappa shape index (κ1) is 23.2. The second kappa shape index (κ2) is 11.8. The third-order valence-corrected chi connectivity index (χ3v) is 5.34. The van der Waals surface area contributed by atoms with Gasteiger partial charge in [0.15, 0.2) is 17.5 Å². The highest BCUT2D eigenvalue weighted by Crippen LogP contribution is 2.40. The van der Waals surface area contributed by atoms with Crippen molar-refractivity contribution in [2.75, 3.05) is 33.9 Å². The summed E-state index contributed by atoms with van der Waals surface area (Å²) in [5.41, 5.74) is 0.999. The van der Waals surface area contributed by atoms with Gasteiger partial charge in [0.25, 0.3) is 0 Å². The van der Waals surface area contributed by atoms with E-state index in [1.165, 1.54) is 38.9 Å². The van der Waals surface area contributed by atoms with Gasteiger partial charge >= 0.3 is 6.61 Å². The molecular weight excluding hydrogens is 380 g/mol. The maximum Gasteiger partial charge on any atom is 0.387 e. The van der Waals surface area contributed by atoms with E-state index in [9.17, 15) is 8.78 Å². The molecule has 164 valence electrons. The largest absolute Gasteiger partial charge is 0.493 e. The van der Waals surface area contributed by atoms with Crippen LogP contribution in [0.3, 0.4) is 0 Å². The zero-order valence-corrected chi connectivity index (χ0v) is 17.6. The fraction of sp³-hybridized carbons (Fsp3) is 0.667. The zero-order valence-electron chi connectivity index (χ0n) is 17.6. The lowest BCUT2D eigenvalue weighted by Gasteiger charge is -2.30. The van der Waals surface area contributed by atoms with E-state index in [0.717, 1.165) is 31.7 Å². The molecule has 1 aromatic rings. The van der Waals surface area contributed by atoms with Crippen molar-refractivity contribution in [3.05, 3.63) is 23.8 Å². The second-order valence-corrected chi connectivity index (χ2v) is 7.36. The number of guanidine groups is 1. The van der Waals surface area contributed by atoms with Gasteiger partial charge in [-0.05, 0) is 49.3 Å². The Hall–Kier alpha value is -2.09. The SMILES string of the molecule is CCNC(=NCc1ccc(OC)c(OC(F)F)c1)NCC1(CCOC)CCCC1. The van der Waals surface area contributed by atoms with Gasteiger partial charge in [0.05, 0.1) is 13.7 Å². The standard InChI is InChI=1S/C21H33F2N3O3/c1-4-24-20(26-15-21(11-12-27-2)9-5-6-10-21)25-14-16-7-8-17(28-3)18(13-16)29-19(22)23/h7-8,13,19H,4-6,9-12,14-15H2,1-3H3,(H2,24,25,26). The number of benzene rings is 1. The van der Waals surface area contributed by atoms with Crippen molar-refractivity contribution in [3.8, 4) is 11.5 Å². The van der Waals surface area contributed by atoms with Crippen LogP contribution in [0.4, 0.5) is 8.78 Å². The molecule has 0 amide bonds. The summed E-state index contributed by atoms with van der Waals surface area (Å²) in [5.74, 6) is 0.991. The van der Waals surface area contributed by atoms with Crippen molar-refractivity contribution in [1.29, 1.82) is 0 Å². The molecule has 0 saturated heterocycles. The highest BCUT2D eigenvalue weighted by Gasteiger charge is 2.33. The number of aliphatic imine (C=N–C) groups is 1. The first-order valence-corrected chi connectivity index (χ1v) is 10.1. The van der Waals surface area contributed by atoms with E-state index in [4.69, 9.17) is 9.47 Å². The van der Waals surface area contributed by atoms with E-state index in [-0.39, 0.29) is 16.9 Å². The van der Waals surface area contributed by atoms with E-state index in [1.807, 2.05) is 6.92 Å². The van der Waals surface area contributed by atoms with Crippen LogP contribution in [0.2, 0.25) is 0 Å². The quantitative estimate of drug-likeness (QED) is 0.425. The molecule has 29 heavy (non-hydrogen) atoms. The normalized spacial score (nSPS) is 16.1. The molecule has 0 heterocycles. The molecule has 8 heteroatoms. The van der Waals surface area contributed by atoms with Crippen LogP contribution < -0.4 is 20.1 Å².